The number of thioether (sulfide) groups is 1. The van der Waals surface area contributed by atoms with E-state index in [1.807, 2.05) is 24.3 Å². The standard InChI is InChI=1S/C28H29N3O2S2/c1-34-24-8-6-21(7-9-24)18-30-27(32)25-16-23-10-15-33-28(26(23)35-25)11-13-31(14-12-28)19-22-4-2-20(17-29)3-5-22/h2-9,16H,10-15,18-19H2,1H3,(H,30,32). The van der Waals surface area contributed by atoms with Crippen molar-refractivity contribution in [3.63, 3.8) is 0 Å². The molecule has 1 spiro atoms. The Morgan fingerprint density at radius 3 is 2.54 bits per heavy atom. The molecule has 5 rings (SSSR count). The van der Waals surface area contributed by atoms with E-state index in [0.29, 0.717) is 18.7 Å². The molecule has 0 saturated carbocycles. The number of piperidine rings is 1. The fourth-order valence-corrected chi connectivity index (χ4v) is 6.67. The molecule has 0 radical (unpaired) electrons. The summed E-state index contributed by atoms with van der Waals surface area (Å²) in [5, 5.41) is 12.1. The van der Waals surface area contributed by atoms with E-state index in [2.05, 4.69) is 52.9 Å². The van der Waals surface area contributed by atoms with Gasteiger partial charge in [0, 0.05) is 36.0 Å². The number of hydrogen-bond acceptors (Lipinski definition) is 6. The third-order valence-corrected chi connectivity index (χ3v) is 9.07. The quantitative estimate of drug-likeness (QED) is 0.460. The highest BCUT2D eigenvalue weighted by Crippen LogP contribution is 2.45. The first kappa shape index (κ1) is 24.1. The Hall–Kier alpha value is -2.63. The van der Waals surface area contributed by atoms with Crippen LogP contribution in [0.5, 0.6) is 0 Å². The lowest BCUT2D eigenvalue weighted by atomic mass is 9.85. The van der Waals surface area contributed by atoms with E-state index in [0.717, 1.165) is 49.3 Å². The molecule has 2 aliphatic rings. The number of hydrogen-bond donors (Lipinski definition) is 1. The number of benzene rings is 2. The zero-order valence-corrected chi connectivity index (χ0v) is 21.5. The Kier molecular flexibility index (Phi) is 7.26. The Morgan fingerprint density at radius 1 is 1.14 bits per heavy atom. The van der Waals surface area contributed by atoms with Gasteiger partial charge in [-0.25, -0.2) is 0 Å². The molecule has 3 aromatic rings. The van der Waals surface area contributed by atoms with Crippen LogP contribution in [0.25, 0.3) is 0 Å². The summed E-state index contributed by atoms with van der Waals surface area (Å²) in [4.78, 5) is 18.7. The van der Waals surface area contributed by atoms with E-state index in [4.69, 9.17) is 10.00 Å². The molecular formula is C28H29N3O2S2. The van der Waals surface area contributed by atoms with E-state index in [1.54, 1.807) is 23.1 Å². The predicted molar refractivity (Wildman–Crippen MR) is 141 cm³/mol. The minimum absolute atomic E-state index is 0.00764. The van der Waals surface area contributed by atoms with Crippen LogP contribution in [-0.4, -0.2) is 36.8 Å². The zero-order valence-electron chi connectivity index (χ0n) is 19.9. The zero-order chi connectivity index (χ0) is 24.3. The lowest BCUT2D eigenvalue weighted by molar-refractivity contribution is -0.0960. The number of nitriles is 1. The lowest BCUT2D eigenvalue weighted by Gasteiger charge is -2.43. The number of amides is 1. The van der Waals surface area contributed by atoms with Crippen molar-refractivity contribution in [1.29, 1.82) is 5.26 Å². The fourth-order valence-electron chi connectivity index (χ4n) is 4.93. The molecule has 1 N–H and O–H groups in total. The molecule has 1 aromatic heterocycles. The molecule has 35 heavy (non-hydrogen) atoms. The van der Waals surface area contributed by atoms with E-state index in [1.165, 1.54) is 20.9 Å². The summed E-state index contributed by atoms with van der Waals surface area (Å²) in [5.41, 5.74) is 4.03. The molecule has 1 amide bonds. The van der Waals surface area contributed by atoms with Gasteiger partial charge in [-0.15, -0.1) is 23.1 Å². The van der Waals surface area contributed by atoms with Gasteiger partial charge in [0.1, 0.15) is 5.60 Å². The van der Waals surface area contributed by atoms with Crippen LogP contribution in [0.4, 0.5) is 0 Å². The lowest BCUT2D eigenvalue weighted by Crippen LogP contribution is -2.45. The highest BCUT2D eigenvalue weighted by Gasteiger charge is 2.42. The van der Waals surface area contributed by atoms with Crippen LogP contribution in [0.15, 0.2) is 59.5 Å². The van der Waals surface area contributed by atoms with Crippen LogP contribution in [0.1, 0.15) is 49.6 Å². The minimum atomic E-state index is -0.272. The maximum absolute atomic E-state index is 13.0. The molecule has 0 atom stereocenters. The van der Waals surface area contributed by atoms with Crippen molar-refractivity contribution < 1.29 is 9.53 Å². The van der Waals surface area contributed by atoms with Gasteiger partial charge in [-0.2, -0.15) is 5.26 Å². The summed E-state index contributed by atoms with van der Waals surface area (Å²) in [6, 6.07) is 20.4. The van der Waals surface area contributed by atoms with Crippen LogP contribution >= 0.6 is 23.1 Å². The number of rotatable bonds is 6. The number of likely N-dealkylation sites (tertiary alicyclic amines) is 1. The van der Waals surface area contributed by atoms with Gasteiger partial charge in [0.2, 0.25) is 0 Å². The molecule has 3 heterocycles. The summed E-state index contributed by atoms with van der Waals surface area (Å²) in [5.74, 6) is -0.00764. The summed E-state index contributed by atoms with van der Waals surface area (Å²) in [7, 11) is 0. The highest BCUT2D eigenvalue weighted by atomic mass is 32.2. The van der Waals surface area contributed by atoms with Gasteiger partial charge < -0.3 is 10.1 Å². The maximum Gasteiger partial charge on any atom is 0.261 e. The summed E-state index contributed by atoms with van der Waals surface area (Å²) < 4.78 is 6.42. The van der Waals surface area contributed by atoms with E-state index < -0.39 is 0 Å². The van der Waals surface area contributed by atoms with Gasteiger partial charge in [0.05, 0.1) is 23.1 Å². The number of fused-ring (bicyclic) bond motifs is 2. The molecule has 7 heteroatoms. The first-order valence-corrected chi connectivity index (χ1v) is 14.0. The second kappa shape index (κ2) is 10.5. The van der Waals surface area contributed by atoms with Gasteiger partial charge in [0.25, 0.3) is 5.91 Å². The van der Waals surface area contributed by atoms with Crippen molar-refractivity contribution in [2.24, 2.45) is 0 Å². The van der Waals surface area contributed by atoms with Crippen molar-refractivity contribution in [2.45, 2.75) is 42.8 Å². The van der Waals surface area contributed by atoms with Crippen LogP contribution in [0.2, 0.25) is 0 Å². The van der Waals surface area contributed by atoms with Crippen molar-refractivity contribution in [3.05, 3.63) is 86.6 Å². The Labute approximate surface area is 215 Å². The van der Waals surface area contributed by atoms with E-state index >= 15 is 0 Å². The third kappa shape index (κ3) is 5.31. The second-order valence-corrected chi connectivity index (χ2v) is 11.1. The van der Waals surface area contributed by atoms with Crippen LogP contribution in [-0.2, 0) is 29.8 Å². The average Bonchev–Trinajstić information content (AvgIpc) is 3.36. The summed E-state index contributed by atoms with van der Waals surface area (Å²) >= 11 is 3.32. The molecular weight excluding hydrogens is 474 g/mol. The number of carbonyl (C=O) groups is 1. The van der Waals surface area contributed by atoms with Gasteiger partial charge in [-0.1, -0.05) is 24.3 Å². The SMILES string of the molecule is CSc1ccc(CNC(=O)c2cc3c(s2)C2(CCN(Cc4ccc(C#N)cc4)CC2)OCC3)cc1. The molecule has 2 aliphatic heterocycles. The first-order valence-electron chi connectivity index (χ1n) is 12.0. The number of nitrogens with one attached hydrogen (secondary N) is 1. The molecule has 1 fully saturated rings. The van der Waals surface area contributed by atoms with Gasteiger partial charge in [0.15, 0.2) is 0 Å². The smallest absolute Gasteiger partial charge is 0.261 e. The topological polar surface area (TPSA) is 65.4 Å². The van der Waals surface area contributed by atoms with Crippen LogP contribution < -0.4 is 5.32 Å². The van der Waals surface area contributed by atoms with Gasteiger partial charge >= 0.3 is 0 Å². The minimum Gasteiger partial charge on any atom is -0.369 e. The van der Waals surface area contributed by atoms with Crippen molar-refractivity contribution in [1.82, 2.24) is 10.2 Å². The van der Waals surface area contributed by atoms with Crippen molar-refractivity contribution >= 4 is 29.0 Å². The average molecular weight is 504 g/mol. The Balaban J connectivity index is 1.22. The number of ether oxygens (including phenoxy) is 1. The summed E-state index contributed by atoms with van der Waals surface area (Å²) in [6.45, 7) is 4.02. The molecule has 1 saturated heterocycles. The van der Waals surface area contributed by atoms with Gasteiger partial charge in [-0.05, 0) is 72.5 Å². The Morgan fingerprint density at radius 2 is 1.86 bits per heavy atom. The molecule has 2 aromatic carbocycles. The van der Waals surface area contributed by atoms with E-state index in [9.17, 15) is 4.79 Å². The first-order chi connectivity index (χ1) is 17.1. The number of nitrogens with zero attached hydrogens (tertiary/aromatic N) is 2. The highest BCUT2D eigenvalue weighted by molar-refractivity contribution is 7.98. The predicted octanol–water partition coefficient (Wildman–Crippen LogP) is 5.34. The molecule has 5 nitrogen and oxygen atoms in total. The van der Waals surface area contributed by atoms with Crippen LogP contribution in [0, 0.1) is 11.3 Å². The van der Waals surface area contributed by atoms with Crippen molar-refractivity contribution in [2.75, 3.05) is 26.0 Å². The third-order valence-electron chi connectivity index (χ3n) is 6.96. The second-order valence-electron chi connectivity index (χ2n) is 9.17. The molecule has 0 bridgehead atoms. The summed E-state index contributed by atoms with van der Waals surface area (Å²) in [6.07, 6.45) is 4.79. The normalized spacial score (nSPS) is 17.0. The maximum atomic E-state index is 13.0. The molecule has 0 unspecified atom stereocenters. The Bertz CT molecular complexity index is 1220. The van der Waals surface area contributed by atoms with Gasteiger partial charge in [-0.3, -0.25) is 9.69 Å². The largest absolute Gasteiger partial charge is 0.369 e. The molecule has 0 aliphatic carbocycles. The molecule has 180 valence electrons. The fraction of sp³-hybridized carbons (Fsp3) is 0.357. The number of thiophene rings is 1. The van der Waals surface area contributed by atoms with E-state index in [-0.39, 0.29) is 11.5 Å². The van der Waals surface area contributed by atoms with Crippen molar-refractivity contribution in [3.8, 4) is 6.07 Å². The van der Waals surface area contributed by atoms with Crippen LogP contribution in [0.3, 0.4) is 0 Å². The monoisotopic (exact) mass is 503 g/mol. The number of carbonyl (C=O) groups excluding carboxylic acids is 1.